The number of carbonyl (C=O) groups excluding carboxylic acids is 2. The fourth-order valence-corrected chi connectivity index (χ4v) is 4.32. The monoisotopic (exact) mass is 480 g/mol. The Morgan fingerprint density at radius 3 is 2.36 bits per heavy atom. The quantitative estimate of drug-likeness (QED) is 0.385. The molecule has 36 heavy (non-hydrogen) atoms. The van der Waals surface area contributed by atoms with E-state index in [0.29, 0.717) is 25.3 Å². The fraction of sp³-hybridized carbons (Fsp3) is 0.207. The van der Waals surface area contributed by atoms with Crippen molar-refractivity contribution >= 4 is 17.5 Å². The number of hydrogen-bond acceptors (Lipinski definition) is 4. The van der Waals surface area contributed by atoms with Crippen molar-refractivity contribution in [1.29, 1.82) is 0 Å². The minimum atomic E-state index is -0.219. The predicted molar refractivity (Wildman–Crippen MR) is 139 cm³/mol. The smallest absolute Gasteiger partial charge is 0.258 e. The number of ether oxygens (including phenoxy) is 1. The Labute approximate surface area is 210 Å². The van der Waals surface area contributed by atoms with Gasteiger partial charge < -0.3 is 15.0 Å². The van der Waals surface area contributed by atoms with Gasteiger partial charge in [0, 0.05) is 42.5 Å². The molecule has 1 aliphatic rings. The van der Waals surface area contributed by atoms with Gasteiger partial charge in [-0.2, -0.15) is 5.10 Å². The maximum atomic E-state index is 12.5. The number of carbonyl (C=O) groups is 2. The van der Waals surface area contributed by atoms with Crippen LogP contribution in [0.5, 0.6) is 5.75 Å². The molecule has 0 saturated carbocycles. The summed E-state index contributed by atoms with van der Waals surface area (Å²) < 4.78 is 7.57. The average Bonchev–Trinajstić information content (AvgIpc) is 3.53. The van der Waals surface area contributed by atoms with Crippen LogP contribution in [0.25, 0.3) is 11.3 Å². The van der Waals surface area contributed by atoms with Crippen molar-refractivity contribution in [3.8, 4) is 17.0 Å². The molecule has 1 N–H and O–H groups in total. The van der Waals surface area contributed by atoms with Crippen molar-refractivity contribution in [2.24, 2.45) is 0 Å². The zero-order chi connectivity index (χ0) is 24.7. The summed E-state index contributed by atoms with van der Waals surface area (Å²) in [6.45, 7) is 1.64. The molecule has 0 spiro atoms. The molecule has 1 fully saturated rings. The summed E-state index contributed by atoms with van der Waals surface area (Å²) in [5.41, 5.74) is 4.80. The first kappa shape index (κ1) is 23.4. The topological polar surface area (TPSA) is 76.5 Å². The third-order valence-corrected chi connectivity index (χ3v) is 6.14. The lowest BCUT2D eigenvalue weighted by atomic mass is 10.1. The van der Waals surface area contributed by atoms with Crippen LogP contribution in [0, 0.1) is 0 Å². The van der Waals surface area contributed by atoms with Gasteiger partial charge in [-0.1, -0.05) is 60.7 Å². The van der Waals surface area contributed by atoms with Gasteiger partial charge in [-0.25, -0.2) is 0 Å². The molecule has 2 amide bonds. The number of rotatable bonds is 9. The van der Waals surface area contributed by atoms with Crippen LogP contribution < -0.4 is 15.0 Å². The van der Waals surface area contributed by atoms with Crippen LogP contribution in [0.15, 0.2) is 91.1 Å². The largest absolute Gasteiger partial charge is 0.484 e. The molecular weight excluding hydrogens is 452 g/mol. The number of nitrogens with one attached hydrogen (secondary N) is 1. The summed E-state index contributed by atoms with van der Waals surface area (Å²) in [4.78, 5) is 26.2. The van der Waals surface area contributed by atoms with E-state index in [9.17, 15) is 9.59 Å². The van der Waals surface area contributed by atoms with Crippen LogP contribution in [-0.4, -0.2) is 34.7 Å². The highest BCUT2D eigenvalue weighted by Gasteiger charge is 2.21. The lowest BCUT2D eigenvalue weighted by molar-refractivity contribution is -0.123. The molecule has 7 nitrogen and oxygen atoms in total. The SMILES string of the molecule is O=C(COc1ccc(N2CCCC2=O)cc1)NCc1cn(Cc2ccccc2)nc1-c1ccccc1. The van der Waals surface area contributed by atoms with E-state index in [1.54, 1.807) is 17.0 Å². The normalized spacial score (nSPS) is 13.1. The first-order valence-corrected chi connectivity index (χ1v) is 12.1. The number of benzene rings is 3. The van der Waals surface area contributed by atoms with Crippen LogP contribution in [0.2, 0.25) is 0 Å². The highest BCUT2D eigenvalue weighted by Crippen LogP contribution is 2.24. The number of aromatic nitrogens is 2. The van der Waals surface area contributed by atoms with Crippen molar-refractivity contribution in [2.75, 3.05) is 18.1 Å². The Kier molecular flexibility index (Phi) is 7.07. The summed E-state index contributed by atoms with van der Waals surface area (Å²) in [5.74, 6) is 0.509. The van der Waals surface area contributed by atoms with Gasteiger partial charge in [-0.15, -0.1) is 0 Å². The second kappa shape index (κ2) is 10.9. The Bertz CT molecular complexity index is 1320. The number of nitrogens with zero attached hydrogens (tertiary/aromatic N) is 3. The van der Waals surface area contributed by atoms with E-state index in [1.165, 1.54) is 0 Å². The van der Waals surface area contributed by atoms with Gasteiger partial charge in [-0.3, -0.25) is 14.3 Å². The highest BCUT2D eigenvalue weighted by molar-refractivity contribution is 5.95. The van der Waals surface area contributed by atoms with E-state index in [2.05, 4.69) is 17.4 Å². The van der Waals surface area contributed by atoms with Crippen LogP contribution >= 0.6 is 0 Å². The molecule has 0 bridgehead atoms. The Morgan fingerprint density at radius 2 is 1.67 bits per heavy atom. The number of anilines is 1. The predicted octanol–water partition coefficient (Wildman–Crippen LogP) is 4.42. The summed E-state index contributed by atoms with van der Waals surface area (Å²) in [5, 5.41) is 7.75. The molecule has 0 atom stereocenters. The van der Waals surface area contributed by atoms with Crippen molar-refractivity contribution in [3.63, 3.8) is 0 Å². The van der Waals surface area contributed by atoms with Gasteiger partial charge >= 0.3 is 0 Å². The average molecular weight is 481 g/mol. The molecule has 7 heteroatoms. The van der Waals surface area contributed by atoms with E-state index >= 15 is 0 Å². The molecule has 1 aliphatic heterocycles. The van der Waals surface area contributed by atoms with Crippen LogP contribution in [0.3, 0.4) is 0 Å². The highest BCUT2D eigenvalue weighted by atomic mass is 16.5. The molecule has 1 aromatic heterocycles. The van der Waals surface area contributed by atoms with Crippen molar-refractivity contribution < 1.29 is 14.3 Å². The minimum Gasteiger partial charge on any atom is -0.484 e. The van der Waals surface area contributed by atoms with Crippen LogP contribution in [-0.2, 0) is 22.7 Å². The van der Waals surface area contributed by atoms with Gasteiger partial charge in [0.2, 0.25) is 5.91 Å². The molecule has 2 heterocycles. The molecule has 0 unspecified atom stereocenters. The van der Waals surface area contributed by atoms with E-state index in [-0.39, 0.29) is 18.4 Å². The molecule has 3 aromatic carbocycles. The lowest BCUT2D eigenvalue weighted by Crippen LogP contribution is -2.28. The fourth-order valence-electron chi connectivity index (χ4n) is 4.32. The second-order valence-corrected chi connectivity index (χ2v) is 8.76. The number of amides is 2. The maximum absolute atomic E-state index is 12.5. The Balaban J connectivity index is 1.20. The van der Waals surface area contributed by atoms with E-state index in [4.69, 9.17) is 9.84 Å². The van der Waals surface area contributed by atoms with Gasteiger partial charge in [0.25, 0.3) is 5.91 Å². The molecular formula is C29H28N4O3. The van der Waals surface area contributed by atoms with Crippen molar-refractivity contribution in [1.82, 2.24) is 15.1 Å². The molecule has 182 valence electrons. The van der Waals surface area contributed by atoms with E-state index in [1.807, 2.05) is 71.5 Å². The zero-order valence-electron chi connectivity index (χ0n) is 20.0. The first-order valence-electron chi connectivity index (χ1n) is 12.1. The summed E-state index contributed by atoms with van der Waals surface area (Å²) in [6.07, 6.45) is 3.46. The third-order valence-electron chi connectivity index (χ3n) is 6.14. The first-order chi connectivity index (χ1) is 17.7. The van der Waals surface area contributed by atoms with E-state index in [0.717, 1.165) is 41.0 Å². The summed E-state index contributed by atoms with van der Waals surface area (Å²) >= 11 is 0. The number of hydrogen-bond donors (Lipinski definition) is 1. The summed E-state index contributed by atoms with van der Waals surface area (Å²) in [7, 11) is 0. The Morgan fingerprint density at radius 1 is 0.944 bits per heavy atom. The molecule has 4 aromatic rings. The van der Waals surface area contributed by atoms with Crippen LogP contribution in [0.1, 0.15) is 24.0 Å². The van der Waals surface area contributed by atoms with Crippen LogP contribution in [0.4, 0.5) is 5.69 Å². The van der Waals surface area contributed by atoms with Crippen molar-refractivity contribution in [3.05, 3.63) is 102 Å². The molecule has 5 rings (SSSR count). The van der Waals surface area contributed by atoms with Gasteiger partial charge in [0.15, 0.2) is 6.61 Å². The Hall–Kier alpha value is -4.39. The molecule has 0 aliphatic carbocycles. The molecule has 0 radical (unpaired) electrons. The van der Waals surface area contributed by atoms with Gasteiger partial charge in [-0.05, 0) is 36.2 Å². The summed E-state index contributed by atoms with van der Waals surface area (Å²) in [6, 6.07) is 27.4. The molecule has 1 saturated heterocycles. The lowest BCUT2D eigenvalue weighted by Gasteiger charge is -2.16. The zero-order valence-corrected chi connectivity index (χ0v) is 20.0. The maximum Gasteiger partial charge on any atom is 0.258 e. The standard InChI is InChI=1S/C29H28N4O3/c34-27(21-36-26-15-13-25(14-16-26)33-17-7-12-28(33)35)30-18-24-20-32(19-22-8-3-1-4-9-22)31-29(24)23-10-5-2-6-11-23/h1-6,8-11,13-16,20H,7,12,17-19,21H2,(H,30,34). The minimum absolute atomic E-state index is 0.0964. The van der Waals surface area contributed by atoms with Crippen molar-refractivity contribution in [2.45, 2.75) is 25.9 Å². The third kappa shape index (κ3) is 5.63. The van der Waals surface area contributed by atoms with Gasteiger partial charge in [0.1, 0.15) is 5.75 Å². The van der Waals surface area contributed by atoms with Gasteiger partial charge in [0.05, 0.1) is 12.2 Å². The second-order valence-electron chi connectivity index (χ2n) is 8.76. The van der Waals surface area contributed by atoms with E-state index < -0.39 is 0 Å².